The van der Waals surface area contributed by atoms with Crippen molar-refractivity contribution in [3.05, 3.63) is 36.0 Å². The Labute approximate surface area is 86.3 Å². The van der Waals surface area contributed by atoms with Gasteiger partial charge >= 0.3 is 0 Å². The number of nitrogens with two attached hydrogens (primary N) is 1. The fourth-order valence-electron chi connectivity index (χ4n) is 1.68. The van der Waals surface area contributed by atoms with Crippen LogP contribution in [0.1, 0.15) is 6.92 Å². The first-order valence-electron chi connectivity index (χ1n) is 4.78. The number of aromatic nitrogens is 1. The average molecular weight is 210 g/mol. The molecule has 2 aromatic rings. The van der Waals surface area contributed by atoms with Gasteiger partial charge in [-0.15, -0.1) is 0 Å². The maximum absolute atomic E-state index is 13.3. The van der Waals surface area contributed by atoms with Crippen LogP contribution in [0, 0.1) is 11.6 Å². The molecule has 0 amide bonds. The Morgan fingerprint density at radius 3 is 2.73 bits per heavy atom. The summed E-state index contributed by atoms with van der Waals surface area (Å²) in [6.07, 6.45) is 1.72. The molecule has 0 radical (unpaired) electrons. The van der Waals surface area contributed by atoms with Gasteiger partial charge in [-0.05, 0) is 25.1 Å². The van der Waals surface area contributed by atoms with Crippen LogP contribution in [0.4, 0.5) is 8.78 Å². The van der Waals surface area contributed by atoms with Crippen LogP contribution in [0.2, 0.25) is 0 Å². The molecule has 0 saturated heterocycles. The van der Waals surface area contributed by atoms with Crippen molar-refractivity contribution < 1.29 is 8.78 Å². The third-order valence-corrected chi connectivity index (χ3v) is 2.32. The van der Waals surface area contributed by atoms with E-state index in [0.29, 0.717) is 17.4 Å². The highest BCUT2D eigenvalue weighted by Gasteiger charge is 2.10. The molecular weight excluding hydrogens is 198 g/mol. The van der Waals surface area contributed by atoms with Crippen LogP contribution >= 0.6 is 0 Å². The highest BCUT2D eigenvalue weighted by atomic mass is 19.2. The first-order chi connectivity index (χ1) is 7.09. The molecule has 2 rings (SSSR count). The van der Waals surface area contributed by atoms with Crippen LogP contribution in [0.5, 0.6) is 0 Å². The third kappa shape index (κ3) is 1.72. The van der Waals surface area contributed by atoms with Crippen LogP contribution in [0.3, 0.4) is 0 Å². The summed E-state index contributed by atoms with van der Waals surface area (Å²) < 4.78 is 28.1. The highest BCUT2D eigenvalue weighted by Crippen LogP contribution is 2.21. The van der Waals surface area contributed by atoms with E-state index < -0.39 is 11.6 Å². The molecule has 1 unspecified atom stereocenters. The number of hydrogen-bond acceptors (Lipinski definition) is 1. The molecule has 0 aliphatic carbocycles. The summed E-state index contributed by atoms with van der Waals surface area (Å²) in [6.45, 7) is 2.46. The van der Waals surface area contributed by atoms with E-state index in [0.717, 1.165) is 6.07 Å². The van der Waals surface area contributed by atoms with Crippen LogP contribution in [0.15, 0.2) is 24.4 Å². The number of hydrogen-bond donors (Lipinski definition) is 1. The van der Waals surface area contributed by atoms with Gasteiger partial charge < -0.3 is 10.3 Å². The van der Waals surface area contributed by atoms with Crippen LogP contribution in [-0.2, 0) is 6.54 Å². The maximum atomic E-state index is 13.3. The van der Waals surface area contributed by atoms with Gasteiger partial charge in [-0.3, -0.25) is 0 Å². The molecule has 1 heterocycles. The van der Waals surface area contributed by atoms with Gasteiger partial charge in [-0.25, -0.2) is 8.78 Å². The highest BCUT2D eigenvalue weighted by molar-refractivity contribution is 5.80. The summed E-state index contributed by atoms with van der Waals surface area (Å²) in [5, 5.41) is 0.302. The van der Waals surface area contributed by atoms with Crippen LogP contribution < -0.4 is 5.73 Å². The Balaban J connectivity index is 2.57. The van der Waals surface area contributed by atoms with Gasteiger partial charge in [0.05, 0.1) is 5.52 Å². The Bertz CT molecular complexity index is 489. The fourth-order valence-corrected chi connectivity index (χ4v) is 1.68. The summed E-state index contributed by atoms with van der Waals surface area (Å²) in [7, 11) is 0. The van der Waals surface area contributed by atoms with Crippen molar-refractivity contribution in [3.63, 3.8) is 0 Å². The molecule has 0 aliphatic heterocycles. The quantitative estimate of drug-likeness (QED) is 0.809. The first kappa shape index (κ1) is 10.1. The molecule has 0 saturated carbocycles. The molecule has 0 spiro atoms. The van der Waals surface area contributed by atoms with E-state index >= 15 is 0 Å². The van der Waals surface area contributed by atoms with Crippen LogP contribution in [0.25, 0.3) is 10.9 Å². The van der Waals surface area contributed by atoms with Gasteiger partial charge in [0.2, 0.25) is 0 Å². The number of fused-ring (bicyclic) bond motifs is 1. The molecule has 1 aromatic carbocycles. The zero-order valence-electron chi connectivity index (χ0n) is 8.37. The standard InChI is InChI=1S/C11H12F2N2/c1-7(14)6-15-5-4-8-10(15)3-2-9(12)11(8)13/h2-5,7H,6,14H2,1H3. The summed E-state index contributed by atoms with van der Waals surface area (Å²) in [4.78, 5) is 0. The van der Waals surface area contributed by atoms with E-state index in [2.05, 4.69) is 0 Å². The van der Waals surface area contributed by atoms with Gasteiger partial charge in [-0.2, -0.15) is 0 Å². The number of rotatable bonds is 2. The minimum atomic E-state index is -0.818. The Morgan fingerprint density at radius 1 is 1.33 bits per heavy atom. The number of benzene rings is 1. The van der Waals surface area contributed by atoms with Gasteiger partial charge in [0, 0.05) is 24.2 Å². The smallest absolute Gasteiger partial charge is 0.168 e. The van der Waals surface area contributed by atoms with Crippen LogP contribution in [-0.4, -0.2) is 10.6 Å². The molecule has 2 nitrogen and oxygen atoms in total. The zero-order chi connectivity index (χ0) is 11.0. The van der Waals surface area contributed by atoms with E-state index in [1.807, 2.05) is 11.5 Å². The summed E-state index contributed by atoms with van der Waals surface area (Å²) in [6, 6.07) is 4.25. The van der Waals surface area contributed by atoms with Crippen molar-refractivity contribution in [2.24, 2.45) is 5.73 Å². The molecular formula is C11H12F2N2. The molecule has 0 aliphatic rings. The average Bonchev–Trinajstić information content (AvgIpc) is 2.55. The van der Waals surface area contributed by atoms with E-state index in [-0.39, 0.29) is 6.04 Å². The second-order valence-corrected chi connectivity index (χ2v) is 3.74. The molecule has 15 heavy (non-hydrogen) atoms. The second-order valence-electron chi connectivity index (χ2n) is 3.74. The van der Waals surface area contributed by atoms with Crippen molar-refractivity contribution in [2.75, 3.05) is 0 Å². The van der Waals surface area contributed by atoms with E-state index in [4.69, 9.17) is 5.73 Å². The lowest BCUT2D eigenvalue weighted by molar-refractivity contribution is 0.516. The second kappa shape index (κ2) is 3.62. The summed E-state index contributed by atoms with van der Waals surface area (Å²) in [5.41, 5.74) is 6.33. The predicted octanol–water partition coefficient (Wildman–Crippen LogP) is 2.27. The van der Waals surface area contributed by atoms with Gasteiger partial charge in [-0.1, -0.05) is 0 Å². The van der Waals surface area contributed by atoms with Gasteiger partial charge in [0.25, 0.3) is 0 Å². The predicted molar refractivity (Wildman–Crippen MR) is 55.5 cm³/mol. The Kier molecular flexibility index (Phi) is 2.44. The Hall–Kier alpha value is -1.42. The molecule has 0 bridgehead atoms. The van der Waals surface area contributed by atoms with Crippen molar-refractivity contribution in [2.45, 2.75) is 19.5 Å². The fraction of sp³-hybridized carbons (Fsp3) is 0.273. The maximum Gasteiger partial charge on any atom is 0.168 e. The minimum Gasteiger partial charge on any atom is -0.346 e. The molecule has 1 aromatic heterocycles. The monoisotopic (exact) mass is 210 g/mol. The Morgan fingerprint density at radius 2 is 2.07 bits per heavy atom. The number of nitrogens with zero attached hydrogens (tertiary/aromatic N) is 1. The molecule has 2 N–H and O–H groups in total. The topological polar surface area (TPSA) is 30.9 Å². The normalized spacial score (nSPS) is 13.3. The van der Waals surface area contributed by atoms with E-state index in [1.165, 1.54) is 0 Å². The third-order valence-electron chi connectivity index (χ3n) is 2.32. The summed E-state index contributed by atoms with van der Waals surface area (Å²) in [5.74, 6) is -1.61. The largest absolute Gasteiger partial charge is 0.346 e. The minimum absolute atomic E-state index is 0.0197. The molecule has 4 heteroatoms. The zero-order valence-corrected chi connectivity index (χ0v) is 8.37. The lowest BCUT2D eigenvalue weighted by Gasteiger charge is -2.08. The van der Waals surface area contributed by atoms with E-state index in [1.54, 1.807) is 18.3 Å². The summed E-state index contributed by atoms with van der Waals surface area (Å²) >= 11 is 0. The first-order valence-corrected chi connectivity index (χ1v) is 4.78. The lowest BCUT2D eigenvalue weighted by atomic mass is 10.2. The van der Waals surface area contributed by atoms with Crippen molar-refractivity contribution >= 4 is 10.9 Å². The molecule has 0 fully saturated rings. The van der Waals surface area contributed by atoms with Crippen molar-refractivity contribution in [3.8, 4) is 0 Å². The van der Waals surface area contributed by atoms with Crippen molar-refractivity contribution in [1.29, 1.82) is 0 Å². The SMILES string of the molecule is CC(N)Cn1ccc2c(F)c(F)ccc21. The van der Waals surface area contributed by atoms with Gasteiger partial charge in [0.1, 0.15) is 0 Å². The van der Waals surface area contributed by atoms with Gasteiger partial charge in [0.15, 0.2) is 11.6 Å². The van der Waals surface area contributed by atoms with Crippen molar-refractivity contribution in [1.82, 2.24) is 4.57 Å². The molecule has 1 atom stereocenters. The lowest BCUT2D eigenvalue weighted by Crippen LogP contribution is -2.21. The molecule has 80 valence electrons. The number of halogens is 2. The van der Waals surface area contributed by atoms with E-state index in [9.17, 15) is 8.78 Å².